The number of nitro benzene ring substituents is 2. The minimum atomic E-state index is -1.01. The first-order valence-electron chi connectivity index (χ1n) is 7.06. The van der Waals surface area contributed by atoms with Crippen molar-refractivity contribution in [3.05, 3.63) is 60.7 Å². The quantitative estimate of drug-likeness (QED) is 0.444. The van der Waals surface area contributed by atoms with E-state index in [4.69, 9.17) is 4.74 Å². The number of hydrogen-bond acceptors (Lipinski definition) is 9. The van der Waals surface area contributed by atoms with Gasteiger partial charge in [-0.1, -0.05) is 6.08 Å². The van der Waals surface area contributed by atoms with Crippen LogP contribution in [0.25, 0.3) is 0 Å². The number of benzene rings is 1. The van der Waals surface area contributed by atoms with E-state index in [9.17, 15) is 30.3 Å². The summed E-state index contributed by atoms with van der Waals surface area (Å²) in [6.07, 6.45) is 3.79. The molecule has 2 atom stereocenters. The number of nitro groups is 3. The number of rotatable bonds is 7. The first kappa shape index (κ1) is 17.9. The van der Waals surface area contributed by atoms with Crippen LogP contribution < -0.4 is 5.43 Å². The molecule has 2 rings (SSSR count). The fourth-order valence-electron chi connectivity index (χ4n) is 2.14. The van der Waals surface area contributed by atoms with Crippen LogP contribution in [0, 0.1) is 30.3 Å². The molecule has 1 aliphatic rings. The third-order valence-electron chi connectivity index (χ3n) is 3.33. The van der Waals surface area contributed by atoms with Gasteiger partial charge in [0.2, 0.25) is 0 Å². The minimum absolute atomic E-state index is 0.00854. The van der Waals surface area contributed by atoms with E-state index < -0.39 is 38.5 Å². The lowest BCUT2D eigenvalue weighted by Gasteiger charge is -2.03. The van der Waals surface area contributed by atoms with E-state index in [0.717, 1.165) is 12.1 Å². The third kappa shape index (κ3) is 4.78. The summed E-state index contributed by atoms with van der Waals surface area (Å²) < 4.78 is 5.15. The highest BCUT2D eigenvalue weighted by molar-refractivity contribution is 5.73. The molecular formula is C13H13N5O7. The van der Waals surface area contributed by atoms with Crippen LogP contribution in [-0.2, 0) is 4.74 Å². The average Bonchev–Trinajstić information content (AvgIpc) is 3.03. The van der Waals surface area contributed by atoms with Gasteiger partial charge in [0.05, 0.1) is 26.9 Å². The molecule has 12 nitrogen and oxygen atoms in total. The minimum Gasteiger partial charge on any atom is -0.310 e. The van der Waals surface area contributed by atoms with Crippen LogP contribution in [0.3, 0.4) is 0 Å². The smallest absolute Gasteiger partial charge is 0.310 e. The highest BCUT2D eigenvalue weighted by Crippen LogP contribution is 2.28. The Bertz CT molecular complexity index is 748. The van der Waals surface area contributed by atoms with E-state index in [1.165, 1.54) is 18.4 Å². The second-order valence-electron chi connectivity index (χ2n) is 4.98. The molecular weight excluding hydrogens is 338 g/mol. The van der Waals surface area contributed by atoms with Gasteiger partial charge in [-0.05, 0) is 18.6 Å². The SMILES string of the molecule is O=[N+]([O-])c1ccc(N/N=C/C=C/C2CCC([N+](=O)[O-])O2)c([N+](=O)[O-])c1. The molecule has 0 aliphatic carbocycles. The average molecular weight is 351 g/mol. The molecule has 0 aromatic heterocycles. The zero-order valence-electron chi connectivity index (χ0n) is 12.7. The summed E-state index contributed by atoms with van der Waals surface area (Å²) in [5, 5.41) is 35.9. The highest BCUT2D eigenvalue weighted by atomic mass is 16.7. The Morgan fingerprint density at radius 1 is 1.16 bits per heavy atom. The molecule has 0 radical (unpaired) electrons. The predicted molar refractivity (Wildman–Crippen MR) is 85.9 cm³/mol. The van der Waals surface area contributed by atoms with E-state index in [1.807, 2.05) is 0 Å². The largest absolute Gasteiger partial charge is 0.316 e. The van der Waals surface area contributed by atoms with Crippen molar-refractivity contribution >= 4 is 23.3 Å². The summed E-state index contributed by atoms with van der Waals surface area (Å²) >= 11 is 0. The Hall–Kier alpha value is -3.41. The van der Waals surface area contributed by atoms with Crippen molar-refractivity contribution in [2.75, 3.05) is 5.43 Å². The van der Waals surface area contributed by atoms with E-state index in [-0.39, 0.29) is 5.69 Å². The Labute approximate surface area is 140 Å². The van der Waals surface area contributed by atoms with Crippen LogP contribution >= 0.6 is 0 Å². The lowest BCUT2D eigenvalue weighted by atomic mass is 10.2. The molecule has 12 heteroatoms. The second-order valence-corrected chi connectivity index (χ2v) is 4.98. The van der Waals surface area contributed by atoms with Crippen molar-refractivity contribution in [2.45, 2.75) is 25.2 Å². The Morgan fingerprint density at radius 3 is 2.52 bits per heavy atom. The van der Waals surface area contributed by atoms with Crippen LogP contribution in [0.1, 0.15) is 12.8 Å². The summed E-state index contributed by atoms with van der Waals surface area (Å²) in [4.78, 5) is 30.2. The second kappa shape index (κ2) is 7.92. The zero-order chi connectivity index (χ0) is 18.4. The third-order valence-corrected chi connectivity index (χ3v) is 3.33. The maximum Gasteiger partial charge on any atom is 0.316 e. The van der Waals surface area contributed by atoms with Crippen LogP contribution in [-0.4, -0.2) is 33.3 Å². The zero-order valence-corrected chi connectivity index (χ0v) is 12.7. The van der Waals surface area contributed by atoms with Gasteiger partial charge in [-0.3, -0.25) is 35.8 Å². The maximum absolute atomic E-state index is 11.0. The molecule has 1 fully saturated rings. The van der Waals surface area contributed by atoms with Crippen LogP contribution in [0.2, 0.25) is 0 Å². The number of ether oxygens (including phenoxy) is 1. The molecule has 1 aliphatic heterocycles. The number of hydrazone groups is 1. The molecule has 1 aromatic carbocycles. The van der Waals surface area contributed by atoms with Crippen molar-refractivity contribution in [3.63, 3.8) is 0 Å². The molecule has 0 amide bonds. The summed E-state index contributed by atoms with van der Waals surface area (Å²) in [7, 11) is 0. The van der Waals surface area contributed by atoms with E-state index >= 15 is 0 Å². The van der Waals surface area contributed by atoms with Gasteiger partial charge in [-0.25, -0.2) is 0 Å². The van der Waals surface area contributed by atoms with Gasteiger partial charge in [0, 0.05) is 18.7 Å². The first-order chi connectivity index (χ1) is 11.9. The highest BCUT2D eigenvalue weighted by Gasteiger charge is 2.31. The van der Waals surface area contributed by atoms with Gasteiger partial charge in [-0.2, -0.15) is 5.10 Å². The van der Waals surface area contributed by atoms with Gasteiger partial charge in [0.15, 0.2) is 0 Å². The van der Waals surface area contributed by atoms with E-state index in [1.54, 1.807) is 6.08 Å². The van der Waals surface area contributed by atoms with Crippen LogP contribution in [0.5, 0.6) is 0 Å². The van der Waals surface area contributed by atoms with Gasteiger partial charge >= 0.3 is 11.9 Å². The lowest BCUT2D eigenvalue weighted by molar-refractivity contribution is -0.570. The Kier molecular flexibility index (Phi) is 5.68. The van der Waals surface area contributed by atoms with Gasteiger partial charge in [0.1, 0.15) is 5.69 Å². The van der Waals surface area contributed by atoms with Crippen molar-refractivity contribution in [3.8, 4) is 0 Å². The fourth-order valence-corrected chi connectivity index (χ4v) is 2.14. The molecule has 132 valence electrons. The molecule has 1 saturated heterocycles. The number of nitrogens with zero attached hydrogens (tertiary/aromatic N) is 4. The standard InChI is InChI=1S/C13H13N5O7/c19-16(20)9-3-5-11(12(8-9)17(21)22)15-14-7-1-2-10-4-6-13(25-10)18(23)24/h1-3,5,7-8,10,13,15H,4,6H2/b2-1+,14-7+. The van der Waals surface area contributed by atoms with E-state index in [2.05, 4.69) is 10.5 Å². The van der Waals surface area contributed by atoms with Crippen molar-refractivity contribution in [2.24, 2.45) is 5.10 Å². The van der Waals surface area contributed by atoms with Crippen molar-refractivity contribution < 1.29 is 19.5 Å². The monoisotopic (exact) mass is 351 g/mol. The summed E-state index contributed by atoms with van der Waals surface area (Å²) in [6.45, 7) is 0. The number of allylic oxidation sites excluding steroid dienone is 1. The summed E-state index contributed by atoms with van der Waals surface area (Å²) in [6, 6.07) is 3.13. The summed E-state index contributed by atoms with van der Waals surface area (Å²) in [5.74, 6) is 0. The fraction of sp³-hybridized carbons (Fsp3) is 0.308. The molecule has 1 aromatic rings. The van der Waals surface area contributed by atoms with Gasteiger partial charge < -0.3 is 4.74 Å². The molecule has 25 heavy (non-hydrogen) atoms. The number of nitrogens with one attached hydrogen (secondary N) is 1. The van der Waals surface area contributed by atoms with Gasteiger partial charge in [-0.15, -0.1) is 0 Å². The van der Waals surface area contributed by atoms with E-state index in [0.29, 0.717) is 12.8 Å². The number of non-ortho nitro benzene ring substituents is 1. The summed E-state index contributed by atoms with van der Waals surface area (Å²) in [5.41, 5.74) is 1.52. The number of anilines is 1. The number of hydrogen-bond donors (Lipinski definition) is 1. The molecule has 1 N–H and O–H groups in total. The molecule has 0 saturated carbocycles. The maximum atomic E-state index is 11.0. The Balaban J connectivity index is 1.96. The van der Waals surface area contributed by atoms with Crippen LogP contribution in [0.15, 0.2) is 35.5 Å². The lowest BCUT2D eigenvalue weighted by Crippen LogP contribution is -2.18. The topological polar surface area (TPSA) is 163 Å². The van der Waals surface area contributed by atoms with Crippen molar-refractivity contribution in [1.82, 2.24) is 0 Å². The molecule has 0 bridgehead atoms. The normalized spacial score (nSPS) is 20.2. The van der Waals surface area contributed by atoms with Crippen molar-refractivity contribution in [1.29, 1.82) is 0 Å². The van der Waals surface area contributed by atoms with Gasteiger partial charge in [0.25, 0.3) is 5.69 Å². The van der Waals surface area contributed by atoms with Crippen LogP contribution in [0.4, 0.5) is 17.1 Å². The first-order valence-corrected chi connectivity index (χ1v) is 7.06. The molecule has 0 spiro atoms. The predicted octanol–water partition coefficient (Wildman–Crippen LogP) is 2.24. The Morgan fingerprint density at radius 2 is 1.92 bits per heavy atom. The molecule has 2 unspecified atom stereocenters. The molecule has 1 heterocycles.